The van der Waals surface area contributed by atoms with Crippen LogP contribution in [0.5, 0.6) is 0 Å². The van der Waals surface area contributed by atoms with Crippen LogP contribution < -0.4 is 0 Å². The highest BCUT2D eigenvalue weighted by atomic mass is 16.5. The van der Waals surface area contributed by atoms with E-state index >= 15 is 0 Å². The number of esters is 1. The second-order valence-corrected chi connectivity index (χ2v) is 3.35. The summed E-state index contributed by atoms with van der Waals surface area (Å²) in [5.41, 5.74) is 0. The predicted molar refractivity (Wildman–Crippen MR) is 47.3 cm³/mol. The number of carbonyl (C=O) groups is 2. The van der Waals surface area contributed by atoms with E-state index in [4.69, 9.17) is 9.84 Å². The Kier molecular flexibility index (Phi) is 2.36. The Balaban J connectivity index is 2.17. The number of β-lactam (4-membered cyclic amide) rings is 1. The molecule has 1 N–H and O–H groups in total. The van der Waals surface area contributed by atoms with Crippen LogP contribution in [0.3, 0.4) is 0 Å². The molecule has 0 aromatic heterocycles. The summed E-state index contributed by atoms with van der Waals surface area (Å²) in [5.74, 6) is -0.342. The van der Waals surface area contributed by atoms with Crippen LogP contribution in [0.1, 0.15) is 6.42 Å². The molecule has 0 bridgehead atoms. The third kappa shape index (κ3) is 1.46. The van der Waals surface area contributed by atoms with E-state index in [-0.39, 0.29) is 18.7 Å². The van der Waals surface area contributed by atoms with Gasteiger partial charge < -0.3 is 14.6 Å². The Hall–Kier alpha value is -1.56. The highest BCUT2D eigenvalue weighted by molar-refractivity contribution is 5.86. The molecule has 82 valence electrons. The molecule has 0 saturated carbocycles. The van der Waals surface area contributed by atoms with E-state index in [9.17, 15) is 9.59 Å². The van der Waals surface area contributed by atoms with Gasteiger partial charge in [-0.05, 0) is 0 Å². The second kappa shape index (κ2) is 3.54. The minimum atomic E-state index is -0.557. The number of rotatable bonds is 2. The fourth-order valence-corrected chi connectivity index (χ4v) is 1.73. The van der Waals surface area contributed by atoms with Crippen molar-refractivity contribution in [1.29, 1.82) is 0 Å². The Bertz CT molecular complexity index is 337. The molecule has 0 aromatic carbocycles. The molecule has 15 heavy (non-hydrogen) atoms. The van der Waals surface area contributed by atoms with E-state index in [1.54, 1.807) is 0 Å². The first kappa shape index (κ1) is 9.97. The van der Waals surface area contributed by atoms with Crippen molar-refractivity contribution in [2.24, 2.45) is 0 Å². The number of hydrogen-bond donors (Lipinski definition) is 1. The van der Waals surface area contributed by atoms with E-state index in [0.29, 0.717) is 12.2 Å². The summed E-state index contributed by atoms with van der Waals surface area (Å²) in [6.07, 6.45) is 1.13. The van der Waals surface area contributed by atoms with Crippen molar-refractivity contribution in [1.82, 2.24) is 4.90 Å². The lowest BCUT2D eigenvalue weighted by Gasteiger charge is -2.34. The van der Waals surface area contributed by atoms with Crippen LogP contribution in [0.2, 0.25) is 0 Å². The first-order valence-corrected chi connectivity index (χ1v) is 4.55. The molecular weight excluding hydrogens is 202 g/mol. The van der Waals surface area contributed by atoms with Crippen molar-refractivity contribution >= 4 is 11.9 Å². The number of aliphatic hydroxyl groups excluding tert-OH is 1. The van der Waals surface area contributed by atoms with Crippen LogP contribution in [0.25, 0.3) is 0 Å². The van der Waals surface area contributed by atoms with E-state index in [2.05, 4.69) is 4.74 Å². The SMILES string of the molecule is COC(=O)C=C1OC2CC(=O)N2C1CO. The van der Waals surface area contributed by atoms with Crippen LogP contribution in [0.15, 0.2) is 11.8 Å². The first-order valence-electron chi connectivity index (χ1n) is 4.55. The quantitative estimate of drug-likeness (QED) is 0.361. The molecule has 0 spiro atoms. The van der Waals surface area contributed by atoms with E-state index in [1.807, 2.05) is 0 Å². The topological polar surface area (TPSA) is 76.1 Å². The van der Waals surface area contributed by atoms with Gasteiger partial charge >= 0.3 is 5.97 Å². The maximum Gasteiger partial charge on any atom is 0.333 e. The number of nitrogens with zero attached hydrogens (tertiary/aromatic N) is 1. The van der Waals surface area contributed by atoms with Gasteiger partial charge in [0, 0.05) is 0 Å². The van der Waals surface area contributed by atoms with E-state index < -0.39 is 12.0 Å². The van der Waals surface area contributed by atoms with Gasteiger partial charge in [0.2, 0.25) is 5.91 Å². The summed E-state index contributed by atoms with van der Waals surface area (Å²) in [4.78, 5) is 23.6. The van der Waals surface area contributed by atoms with Crippen LogP contribution in [-0.2, 0) is 19.1 Å². The zero-order chi connectivity index (χ0) is 11.0. The predicted octanol–water partition coefficient (Wildman–Crippen LogP) is -1.01. The molecule has 2 aliphatic rings. The third-order valence-corrected chi connectivity index (χ3v) is 2.52. The van der Waals surface area contributed by atoms with Gasteiger partial charge in [-0.25, -0.2) is 4.79 Å². The zero-order valence-electron chi connectivity index (χ0n) is 8.17. The Labute approximate surface area is 86.1 Å². The molecule has 2 saturated heterocycles. The average molecular weight is 213 g/mol. The van der Waals surface area contributed by atoms with Gasteiger partial charge in [-0.3, -0.25) is 9.69 Å². The minimum absolute atomic E-state index is 0.0766. The monoisotopic (exact) mass is 213 g/mol. The molecule has 1 amide bonds. The van der Waals surface area contributed by atoms with Crippen molar-refractivity contribution in [3.8, 4) is 0 Å². The van der Waals surface area contributed by atoms with Crippen LogP contribution >= 0.6 is 0 Å². The standard InChI is InChI=1S/C9H11NO5/c1-14-9(13)2-6-5(4-11)10-7(12)3-8(10)15-6/h2,5,8,11H,3-4H2,1H3. The number of ether oxygens (including phenoxy) is 2. The molecule has 6 nitrogen and oxygen atoms in total. The lowest BCUT2D eigenvalue weighted by molar-refractivity contribution is -0.157. The molecule has 2 heterocycles. The summed E-state index contributed by atoms with van der Waals surface area (Å²) in [6.45, 7) is -0.259. The van der Waals surface area contributed by atoms with Crippen molar-refractivity contribution in [2.45, 2.75) is 18.7 Å². The van der Waals surface area contributed by atoms with Gasteiger partial charge in [0.15, 0.2) is 6.23 Å². The average Bonchev–Trinajstić information content (AvgIpc) is 2.50. The van der Waals surface area contributed by atoms with E-state index in [1.165, 1.54) is 12.0 Å². The Morgan fingerprint density at radius 1 is 1.80 bits per heavy atom. The molecule has 2 atom stereocenters. The molecular formula is C9H11NO5. The summed E-state index contributed by atoms with van der Waals surface area (Å²) in [7, 11) is 1.25. The van der Waals surface area contributed by atoms with Crippen molar-refractivity contribution in [2.75, 3.05) is 13.7 Å². The highest BCUT2D eigenvalue weighted by Crippen LogP contribution is 2.35. The van der Waals surface area contributed by atoms with E-state index in [0.717, 1.165) is 6.08 Å². The number of methoxy groups -OCH3 is 1. The van der Waals surface area contributed by atoms with Gasteiger partial charge in [-0.2, -0.15) is 0 Å². The number of amides is 1. The van der Waals surface area contributed by atoms with Gasteiger partial charge in [0.1, 0.15) is 11.8 Å². The number of hydrogen-bond acceptors (Lipinski definition) is 5. The Morgan fingerprint density at radius 2 is 2.53 bits per heavy atom. The van der Waals surface area contributed by atoms with Crippen LogP contribution in [0.4, 0.5) is 0 Å². The third-order valence-electron chi connectivity index (χ3n) is 2.52. The number of aliphatic hydroxyl groups is 1. The fourth-order valence-electron chi connectivity index (χ4n) is 1.73. The lowest BCUT2D eigenvalue weighted by atomic mass is 10.1. The van der Waals surface area contributed by atoms with Crippen LogP contribution in [0, 0.1) is 0 Å². The van der Waals surface area contributed by atoms with Gasteiger partial charge in [-0.15, -0.1) is 0 Å². The number of fused-ring (bicyclic) bond motifs is 1. The molecule has 2 fully saturated rings. The zero-order valence-corrected chi connectivity index (χ0v) is 8.17. The fraction of sp³-hybridized carbons (Fsp3) is 0.556. The lowest BCUT2D eigenvalue weighted by Crippen LogP contribution is -2.53. The van der Waals surface area contributed by atoms with Crippen molar-refractivity contribution in [3.05, 3.63) is 11.8 Å². The molecule has 0 aliphatic carbocycles. The maximum absolute atomic E-state index is 11.2. The molecule has 2 unspecified atom stereocenters. The molecule has 0 aromatic rings. The highest BCUT2D eigenvalue weighted by Gasteiger charge is 2.50. The normalized spacial score (nSPS) is 30.9. The summed E-state index contributed by atoms with van der Waals surface area (Å²) < 4.78 is 9.75. The summed E-state index contributed by atoms with van der Waals surface area (Å²) >= 11 is 0. The van der Waals surface area contributed by atoms with Crippen LogP contribution in [-0.4, -0.2) is 47.9 Å². The molecule has 2 aliphatic heterocycles. The largest absolute Gasteiger partial charge is 0.472 e. The number of carbonyl (C=O) groups excluding carboxylic acids is 2. The first-order chi connectivity index (χ1) is 7.17. The molecule has 2 rings (SSSR count). The van der Waals surface area contributed by atoms with Gasteiger partial charge in [-0.1, -0.05) is 0 Å². The summed E-state index contributed by atoms with van der Waals surface area (Å²) in [6, 6.07) is -0.546. The minimum Gasteiger partial charge on any atom is -0.472 e. The second-order valence-electron chi connectivity index (χ2n) is 3.35. The van der Waals surface area contributed by atoms with Crippen molar-refractivity contribution in [3.63, 3.8) is 0 Å². The van der Waals surface area contributed by atoms with Gasteiger partial charge in [0.05, 0.1) is 26.2 Å². The summed E-state index contributed by atoms with van der Waals surface area (Å²) in [5, 5.41) is 9.10. The molecule has 0 radical (unpaired) electrons. The Morgan fingerprint density at radius 3 is 3.07 bits per heavy atom. The van der Waals surface area contributed by atoms with Gasteiger partial charge in [0.25, 0.3) is 0 Å². The smallest absolute Gasteiger partial charge is 0.333 e. The van der Waals surface area contributed by atoms with Crippen molar-refractivity contribution < 1.29 is 24.2 Å². The maximum atomic E-state index is 11.2. The molecule has 6 heteroatoms.